The molecule has 0 saturated carbocycles. The van der Waals surface area contributed by atoms with Crippen LogP contribution in [0.3, 0.4) is 0 Å². The number of guanidine groups is 1. The molecule has 7 nitrogen and oxygen atoms in total. The topological polar surface area (TPSA) is 77.0 Å². The normalized spacial score (nSPS) is 15.8. The molecule has 0 spiro atoms. The maximum Gasteiger partial charge on any atom is 0.243 e. The SMILES string of the molecule is CN=C(NCCCc1ccccc1)NCc1ccccc1S(=O)(=O)N1CCN(C)CC1.I. The number of aryl methyl sites for hydroxylation is 1. The highest BCUT2D eigenvalue weighted by Crippen LogP contribution is 2.21. The Kier molecular flexibility index (Phi) is 10.9. The Morgan fingerprint density at radius 3 is 2.31 bits per heavy atom. The van der Waals surface area contributed by atoms with E-state index in [-0.39, 0.29) is 24.0 Å². The lowest BCUT2D eigenvalue weighted by Crippen LogP contribution is -2.47. The van der Waals surface area contributed by atoms with Crippen LogP contribution in [0.25, 0.3) is 0 Å². The molecule has 3 rings (SSSR count). The molecular formula is C23H34IN5O2S. The summed E-state index contributed by atoms with van der Waals surface area (Å²) in [5.41, 5.74) is 2.06. The van der Waals surface area contributed by atoms with Crippen molar-refractivity contribution in [1.29, 1.82) is 0 Å². The Hall–Kier alpha value is -1.69. The fraction of sp³-hybridized carbons (Fsp3) is 0.435. The van der Waals surface area contributed by atoms with E-state index in [0.29, 0.717) is 30.5 Å². The molecule has 0 bridgehead atoms. The second-order valence-corrected chi connectivity index (χ2v) is 9.66. The minimum absolute atomic E-state index is 0. The lowest BCUT2D eigenvalue weighted by molar-refractivity contribution is 0.222. The minimum atomic E-state index is -3.52. The quantitative estimate of drug-likeness (QED) is 0.221. The van der Waals surface area contributed by atoms with Gasteiger partial charge in [0, 0.05) is 46.3 Å². The molecular weight excluding hydrogens is 537 g/mol. The van der Waals surface area contributed by atoms with Crippen LogP contribution in [0.4, 0.5) is 0 Å². The van der Waals surface area contributed by atoms with Gasteiger partial charge in [-0.25, -0.2) is 8.42 Å². The second kappa shape index (κ2) is 13.1. The van der Waals surface area contributed by atoms with Gasteiger partial charge in [0.1, 0.15) is 0 Å². The number of nitrogens with one attached hydrogen (secondary N) is 2. The van der Waals surface area contributed by atoms with Gasteiger partial charge in [0.2, 0.25) is 10.0 Å². The first-order chi connectivity index (χ1) is 15.0. The van der Waals surface area contributed by atoms with E-state index in [4.69, 9.17) is 0 Å². The summed E-state index contributed by atoms with van der Waals surface area (Å²) < 4.78 is 28.0. The van der Waals surface area contributed by atoms with E-state index in [9.17, 15) is 8.42 Å². The molecule has 2 aromatic rings. The Bertz CT molecular complexity index is 961. The molecule has 0 amide bonds. The lowest BCUT2D eigenvalue weighted by atomic mass is 10.1. The molecule has 0 aliphatic carbocycles. The molecule has 2 aromatic carbocycles. The van der Waals surface area contributed by atoms with Gasteiger partial charge >= 0.3 is 0 Å². The summed E-state index contributed by atoms with van der Waals surface area (Å²) in [5, 5.41) is 6.56. The van der Waals surface area contributed by atoms with E-state index >= 15 is 0 Å². The summed E-state index contributed by atoms with van der Waals surface area (Å²) in [6.07, 6.45) is 1.98. The van der Waals surface area contributed by atoms with Crippen LogP contribution in [0, 0.1) is 0 Å². The number of aliphatic imine (C=N–C) groups is 1. The summed E-state index contributed by atoms with van der Waals surface area (Å²) in [5.74, 6) is 0.667. The number of hydrogen-bond donors (Lipinski definition) is 2. The van der Waals surface area contributed by atoms with Crippen LogP contribution in [-0.2, 0) is 23.0 Å². The molecule has 0 atom stereocenters. The molecule has 0 aromatic heterocycles. The first-order valence-electron chi connectivity index (χ1n) is 10.8. The van der Waals surface area contributed by atoms with Crippen molar-refractivity contribution in [1.82, 2.24) is 19.8 Å². The fourth-order valence-corrected chi connectivity index (χ4v) is 5.26. The van der Waals surface area contributed by atoms with Crippen molar-refractivity contribution < 1.29 is 8.42 Å². The Morgan fingerprint density at radius 2 is 1.62 bits per heavy atom. The lowest BCUT2D eigenvalue weighted by Gasteiger charge is -2.32. The van der Waals surface area contributed by atoms with Crippen molar-refractivity contribution in [2.45, 2.75) is 24.3 Å². The first-order valence-corrected chi connectivity index (χ1v) is 12.2. The van der Waals surface area contributed by atoms with E-state index in [1.165, 1.54) is 5.56 Å². The predicted octanol–water partition coefficient (Wildman–Crippen LogP) is 2.54. The Morgan fingerprint density at radius 1 is 0.969 bits per heavy atom. The summed E-state index contributed by atoms with van der Waals surface area (Å²) in [4.78, 5) is 6.78. The first kappa shape index (κ1) is 26.6. The molecule has 1 saturated heterocycles. The summed E-state index contributed by atoms with van der Waals surface area (Å²) >= 11 is 0. The standard InChI is InChI=1S/C23H33N5O2S.HI/c1-24-23(25-14-8-11-20-9-4-3-5-10-20)26-19-21-12-6-7-13-22(21)31(29,30)28-17-15-27(2)16-18-28;/h3-7,9-10,12-13H,8,11,14-19H2,1-2H3,(H2,24,25,26);1H. The largest absolute Gasteiger partial charge is 0.356 e. The molecule has 0 unspecified atom stereocenters. The number of benzene rings is 2. The van der Waals surface area contributed by atoms with E-state index in [0.717, 1.165) is 38.0 Å². The van der Waals surface area contributed by atoms with Crippen LogP contribution in [-0.4, -0.2) is 70.4 Å². The zero-order valence-electron chi connectivity index (χ0n) is 18.8. The molecule has 1 fully saturated rings. The molecule has 0 radical (unpaired) electrons. The van der Waals surface area contributed by atoms with E-state index in [1.807, 2.05) is 25.2 Å². The van der Waals surface area contributed by atoms with Gasteiger partial charge in [-0.3, -0.25) is 4.99 Å². The molecule has 9 heteroatoms. The van der Waals surface area contributed by atoms with Gasteiger partial charge in [0.05, 0.1) is 4.90 Å². The third-order valence-corrected chi connectivity index (χ3v) is 7.50. The molecule has 2 N–H and O–H groups in total. The van der Waals surface area contributed by atoms with Gasteiger partial charge in [0.25, 0.3) is 0 Å². The highest BCUT2D eigenvalue weighted by Gasteiger charge is 2.29. The molecule has 176 valence electrons. The van der Waals surface area contributed by atoms with E-state index in [2.05, 4.69) is 44.8 Å². The maximum absolute atomic E-state index is 13.2. The molecule has 1 aliphatic heterocycles. The number of likely N-dealkylation sites (N-methyl/N-ethyl adjacent to an activating group) is 1. The average molecular weight is 572 g/mol. The van der Waals surface area contributed by atoms with Gasteiger partial charge < -0.3 is 15.5 Å². The van der Waals surface area contributed by atoms with E-state index in [1.54, 1.807) is 23.5 Å². The van der Waals surface area contributed by atoms with Gasteiger partial charge in [0.15, 0.2) is 5.96 Å². The van der Waals surface area contributed by atoms with Crippen LogP contribution in [0.15, 0.2) is 64.5 Å². The highest BCUT2D eigenvalue weighted by atomic mass is 127. The van der Waals surface area contributed by atoms with Gasteiger partial charge in [-0.05, 0) is 37.1 Å². The van der Waals surface area contributed by atoms with Crippen molar-refractivity contribution in [3.05, 3.63) is 65.7 Å². The number of piperazine rings is 1. The predicted molar refractivity (Wildman–Crippen MR) is 141 cm³/mol. The highest BCUT2D eigenvalue weighted by molar-refractivity contribution is 14.0. The number of rotatable bonds is 8. The van der Waals surface area contributed by atoms with E-state index < -0.39 is 10.0 Å². The van der Waals surface area contributed by atoms with Crippen molar-refractivity contribution in [2.75, 3.05) is 46.8 Å². The fourth-order valence-electron chi connectivity index (χ4n) is 3.61. The Labute approximate surface area is 209 Å². The summed E-state index contributed by atoms with van der Waals surface area (Å²) in [6.45, 7) is 3.71. The van der Waals surface area contributed by atoms with Crippen LogP contribution < -0.4 is 10.6 Å². The number of halogens is 1. The van der Waals surface area contributed by atoms with Crippen LogP contribution in [0.5, 0.6) is 0 Å². The van der Waals surface area contributed by atoms with Crippen LogP contribution >= 0.6 is 24.0 Å². The minimum Gasteiger partial charge on any atom is -0.356 e. The third kappa shape index (κ3) is 7.43. The average Bonchev–Trinajstić information content (AvgIpc) is 2.80. The maximum atomic E-state index is 13.2. The smallest absolute Gasteiger partial charge is 0.243 e. The number of sulfonamides is 1. The van der Waals surface area contributed by atoms with Gasteiger partial charge in [-0.2, -0.15) is 4.31 Å². The van der Waals surface area contributed by atoms with Crippen molar-refractivity contribution in [2.24, 2.45) is 4.99 Å². The second-order valence-electron chi connectivity index (χ2n) is 7.76. The monoisotopic (exact) mass is 571 g/mol. The molecule has 32 heavy (non-hydrogen) atoms. The zero-order chi connectivity index (χ0) is 22.1. The third-order valence-electron chi connectivity index (χ3n) is 5.50. The summed E-state index contributed by atoms with van der Waals surface area (Å²) in [7, 11) is 0.220. The number of hydrogen-bond acceptors (Lipinski definition) is 4. The zero-order valence-corrected chi connectivity index (χ0v) is 22.0. The van der Waals surface area contributed by atoms with Crippen molar-refractivity contribution >= 4 is 40.0 Å². The van der Waals surface area contributed by atoms with Crippen LogP contribution in [0.1, 0.15) is 17.5 Å². The van der Waals surface area contributed by atoms with Gasteiger partial charge in [-0.1, -0.05) is 48.5 Å². The molecule has 1 aliphatic rings. The van der Waals surface area contributed by atoms with Crippen molar-refractivity contribution in [3.8, 4) is 0 Å². The van der Waals surface area contributed by atoms with Crippen molar-refractivity contribution in [3.63, 3.8) is 0 Å². The molecule has 1 heterocycles. The van der Waals surface area contributed by atoms with Crippen LogP contribution in [0.2, 0.25) is 0 Å². The van der Waals surface area contributed by atoms with Gasteiger partial charge in [-0.15, -0.1) is 24.0 Å². The Balaban J connectivity index is 0.00000363. The summed E-state index contributed by atoms with van der Waals surface area (Å²) in [6, 6.07) is 17.6. The number of nitrogens with zero attached hydrogens (tertiary/aromatic N) is 3.